The first-order valence-corrected chi connectivity index (χ1v) is 7.23. The Morgan fingerprint density at radius 3 is 2.60 bits per heavy atom. The lowest BCUT2D eigenvalue weighted by atomic mass is 9.66. The van der Waals surface area contributed by atoms with Crippen molar-refractivity contribution in [1.82, 2.24) is 10.2 Å². The molecule has 0 radical (unpaired) electrons. The Kier molecular flexibility index (Phi) is 4.30. The van der Waals surface area contributed by atoms with Gasteiger partial charge in [-0.3, -0.25) is 14.4 Å². The van der Waals surface area contributed by atoms with E-state index in [1.54, 1.807) is 4.90 Å². The number of carboxylic acid groups (broad SMARTS) is 1. The second kappa shape index (κ2) is 5.81. The van der Waals surface area contributed by atoms with Crippen LogP contribution in [0.4, 0.5) is 0 Å². The molecule has 1 heterocycles. The minimum Gasteiger partial charge on any atom is -0.481 e. The number of aliphatic carboxylic acids is 1. The summed E-state index contributed by atoms with van der Waals surface area (Å²) in [6, 6.07) is 0. The Morgan fingerprint density at radius 1 is 1.45 bits per heavy atom. The van der Waals surface area contributed by atoms with Crippen molar-refractivity contribution in [3.05, 3.63) is 0 Å². The van der Waals surface area contributed by atoms with E-state index in [0.29, 0.717) is 19.6 Å². The first kappa shape index (κ1) is 14.8. The van der Waals surface area contributed by atoms with Crippen LogP contribution in [-0.4, -0.2) is 47.4 Å². The zero-order chi connectivity index (χ0) is 14.8. The standard InChI is InChI=1S/C14H22N2O4/c1-2-16-8-10(6-11(16)17)13(20)15-9-14(4-3-5-14)7-12(18)19/h10H,2-9H2,1H3,(H,15,20)(H,18,19). The van der Waals surface area contributed by atoms with E-state index in [1.165, 1.54) is 0 Å². The fourth-order valence-corrected chi connectivity index (χ4v) is 3.09. The van der Waals surface area contributed by atoms with Crippen molar-refractivity contribution < 1.29 is 19.5 Å². The third kappa shape index (κ3) is 3.11. The molecule has 1 aliphatic heterocycles. The molecule has 0 aromatic rings. The fraction of sp³-hybridized carbons (Fsp3) is 0.786. The number of hydrogen-bond acceptors (Lipinski definition) is 3. The molecule has 2 aliphatic rings. The van der Waals surface area contributed by atoms with Crippen molar-refractivity contribution in [2.45, 2.75) is 39.0 Å². The summed E-state index contributed by atoms with van der Waals surface area (Å²) in [4.78, 5) is 36.2. The van der Waals surface area contributed by atoms with Crippen LogP contribution in [0.5, 0.6) is 0 Å². The second-order valence-corrected chi connectivity index (χ2v) is 5.98. The summed E-state index contributed by atoms with van der Waals surface area (Å²) in [7, 11) is 0. The van der Waals surface area contributed by atoms with Crippen molar-refractivity contribution in [3.63, 3.8) is 0 Å². The van der Waals surface area contributed by atoms with Crippen LogP contribution in [0.25, 0.3) is 0 Å². The van der Waals surface area contributed by atoms with Gasteiger partial charge in [-0.05, 0) is 25.2 Å². The highest BCUT2D eigenvalue weighted by molar-refractivity contribution is 5.89. The first-order chi connectivity index (χ1) is 9.46. The van der Waals surface area contributed by atoms with E-state index in [2.05, 4.69) is 5.32 Å². The highest BCUT2D eigenvalue weighted by Gasteiger charge is 2.40. The molecule has 20 heavy (non-hydrogen) atoms. The molecule has 1 saturated heterocycles. The molecule has 2 rings (SSSR count). The summed E-state index contributed by atoms with van der Waals surface area (Å²) in [5.41, 5.74) is -0.269. The molecule has 112 valence electrons. The lowest BCUT2D eigenvalue weighted by Crippen LogP contribution is -2.45. The van der Waals surface area contributed by atoms with Gasteiger partial charge >= 0.3 is 5.97 Å². The van der Waals surface area contributed by atoms with Gasteiger partial charge in [0.1, 0.15) is 0 Å². The molecule has 2 N–H and O–H groups in total. The average Bonchev–Trinajstić information content (AvgIpc) is 2.73. The number of carbonyl (C=O) groups excluding carboxylic acids is 2. The molecule has 1 atom stereocenters. The van der Waals surface area contributed by atoms with E-state index in [0.717, 1.165) is 19.3 Å². The molecular weight excluding hydrogens is 260 g/mol. The molecule has 1 aliphatic carbocycles. The molecule has 6 heteroatoms. The van der Waals surface area contributed by atoms with Crippen molar-refractivity contribution in [1.29, 1.82) is 0 Å². The van der Waals surface area contributed by atoms with E-state index in [1.807, 2.05) is 6.92 Å². The van der Waals surface area contributed by atoms with Gasteiger partial charge < -0.3 is 15.3 Å². The average molecular weight is 282 g/mol. The van der Waals surface area contributed by atoms with Crippen molar-refractivity contribution in [3.8, 4) is 0 Å². The van der Waals surface area contributed by atoms with Gasteiger partial charge in [0.05, 0.1) is 12.3 Å². The van der Waals surface area contributed by atoms with Crippen LogP contribution in [0.2, 0.25) is 0 Å². The van der Waals surface area contributed by atoms with E-state index < -0.39 is 5.97 Å². The first-order valence-electron chi connectivity index (χ1n) is 7.23. The highest BCUT2D eigenvalue weighted by atomic mass is 16.4. The van der Waals surface area contributed by atoms with Crippen LogP contribution in [0, 0.1) is 11.3 Å². The minimum absolute atomic E-state index is 0.0246. The van der Waals surface area contributed by atoms with Crippen LogP contribution in [0.15, 0.2) is 0 Å². The van der Waals surface area contributed by atoms with Gasteiger partial charge in [-0.25, -0.2) is 0 Å². The number of hydrogen-bond donors (Lipinski definition) is 2. The Labute approximate surface area is 118 Å². The summed E-state index contributed by atoms with van der Waals surface area (Å²) in [5.74, 6) is -1.20. The normalized spacial score (nSPS) is 24.4. The number of likely N-dealkylation sites (tertiary alicyclic amines) is 1. The van der Waals surface area contributed by atoms with Crippen molar-refractivity contribution >= 4 is 17.8 Å². The van der Waals surface area contributed by atoms with Gasteiger partial charge in [0.2, 0.25) is 11.8 Å². The molecule has 6 nitrogen and oxygen atoms in total. The summed E-state index contributed by atoms with van der Waals surface area (Å²) >= 11 is 0. The molecule has 0 aromatic carbocycles. The molecule has 1 saturated carbocycles. The predicted molar refractivity (Wildman–Crippen MR) is 71.9 cm³/mol. The molecule has 2 amide bonds. The van der Waals surface area contributed by atoms with Crippen LogP contribution >= 0.6 is 0 Å². The van der Waals surface area contributed by atoms with Gasteiger partial charge in [-0.15, -0.1) is 0 Å². The molecule has 0 bridgehead atoms. The van der Waals surface area contributed by atoms with E-state index in [4.69, 9.17) is 5.11 Å². The van der Waals surface area contributed by atoms with Crippen LogP contribution in [-0.2, 0) is 14.4 Å². The summed E-state index contributed by atoms with van der Waals surface area (Å²) in [6.07, 6.45) is 3.10. The SMILES string of the molecule is CCN1CC(C(=O)NCC2(CC(=O)O)CCC2)CC1=O. The maximum absolute atomic E-state index is 12.1. The minimum atomic E-state index is -0.813. The highest BCUT2D eigenvalue weighted by Crippen LogP contribution is 2.43. The Morgan fingerprint density at radius 2 is 2.15 bits per heavy atom. The van der Waals surface area contributed by atoms with E-state index >= 15 is 0 Å². The van der Waals surface area contributed by atoms with Crippen LogP contribution < -0.4 is 5.32 Å². The largest absolute Gasteiger partial charge is 0.481 e. The number of carbonyl (C=O) groups is 3. The maximum Gasteiger partial charge on any atom is 0.303 e. The van der Waals surface area contributed by atoms with Gasteiger partial charge in [0.15, 0.2) is 0 Å². The topological polar surface area (TPSA) is 86.7 Å². The second-order valence-electron chi connectivity index (χ2n) is 5.98. The third-order valence-electron chi connectivity index (χ3n) is 4.55. The van der Waals surface area contributed by atoms with Gasteiger partial charge in [0.25, 0.3) is 0 Å². The molecule has 1 unspecified atom stereocenters. The molecule has 2 fully saturated rings. The lowest BCUT2D eigenvalue weighted by molar-refractivity contribution is -0.142. The number of nitrogens with one attached hydrogen (secondary N) is 1. The molecular formula is C14H22N2O4. The quantitative estimate of drug-likeness (QED) is 0.747. The predicted octanol–water partition coefficient (Wildman–Crippen LogP) is 0.616. The lowest BCUT2D eigenvalue weighted by Gasteiger charge is -2.41. The van der Waals surface area contributed by atoms with Crippen LogP contribution in [0.3, 0.4) is 0 Å². The number of rotatable bonds is 6. The fourth-order valence-electron chi connectivity index (χ4n) is 3.09. The number of nitrogens with zero attached hydrogens (tertiary/aromatic N) is 1. The Hall–Kier alpha value is -1.59. The number of carboxylic acids is 1. The number of amides is 2. The van der Waals surface area contributed by atoms with Crippen LogP contribution in [0.1, 0.15) is 39.0 Å². The monoisotopic (exact) mass is 282 g/mol. The Balaban J connectivity index is 1.83. The summed E-state index contributed by atoms with van der Waals surface area (Å²) < 4.78 is 0. The molecule has 0 aromatic heterocycles. The van der Waals surface area contributed by atoms with Crippen molar-refractivity contribution in [2.24, 2.45) is 11.3 Å². The van der Waals surface area contributed by atoms with E-state index in [-0.39, 0.29) is 36.0 Å². The van der Waals surface area contributed by atoms with Crippen molar-refractivity contribution in [2.75, 3.05) is 19.6 Å². The zero-order valence-electron chi connectivity index (χ0n) is 11.9. The zero-order valence-corrected chi connectivity index (χ0v) is 11.9. The third-order valence-corrected chi connectivity index (χ3v) is 4.55. The smallest absolute Gasteiger partial charge is 0.303 e. The van der Waals surface area contributed by atoms with Gasteiger partial charge in [-0.1, -0.05) is 6.42 Å². The molecule has 0 spiro atoms. The van der Waals surface area contributed by atoms with Gasteiger partial charge in [0, 0.05) is 26.1 Å². The Bertz CT molecular complexity index is 417. The van der Waals surface area contributed by atoms with E-state index in [9.17, 15) is 14.4 Å². The summed E-state index contributed by atoms with van der Waals surface area (Å²) in [6.45, 7) is 3.42. The van der Waals surface area contributed by atoms with Gasteiger partial charge in [-0.2, -0.15) is 0 Å². The maximum atomic E-state index is 12.1. The summed E-state index contributed by atoms with van der Waals surface area (Å²) in [5, 5.41) is 11.8.